The zero-order valence-corrected chi connectivity index (χ0v) is 11.0. The molecule has 0 atom stereocenters. The third kappa shape index (κ3) is 5.32. The van der Waals surface area contributed by atoms with Crippen LogP contribution in [0.4, 0.5) is 0 Å². The molecule has 0 radical (unpaired) electrons. The first-order valence-corrected chi connectivity index (χ1v) is 4.80. The molecule has 0 aliphatic heterocycles. The van der Waals surface area contributed by atoms with Crippen LogP contribution < -0.4 is 11.5 Å². The van der Waals surface area contributed by atoms with Gasteiger partial charge in [0.15, 0.2) is 5.84 Å². The summed E-state index contributed by atoms with van der Waals surface area (Å²) >= 11 is 1.49. The van der Waals surface area contributed by atoms with Crippen LogP contribution in [-0.2, 0) is 16.2 Å². The van der Waals surface area contributed by atoms with Crippen LogP contribution in [-0.4, -0.2) is 11.8 Å². The molecule has 16 heavy (non-hydrogen) atoms. The topological polar surface area (TPSA) is 90.7 Å². The smallest absolute Gasteiger partial charge is 0.332 e. The third-order valence-corrected chi connectivity index (χ3v) is 2.38. The Hall–Kier alpha value is -0.820. The van der Waals surface area contributed by atoms with Crippen molar-refractivity contribution in [1.29, 1.82) is 0 Å². The summed E-state index contributed by atoms with van der Waals surface area (Å²) in [5, 5.41) is 5.26. The number of halogens is 2. The minimum absolute atomic E-state index is 0. The lowest BCUT2D eigenvalue weighted by atomic mass is 10.3. The normalized spacial score (nSPS) is 10.0. The number of nitrogens with zero attached hydrogens (tertiary/aromatic N) is 1. The lowest BCUT2D eigenvalue weighted by molar-refractivity contribution is -0.140. The molecule has 1 aromatic rings. The minimum Gasteiger partial charge on any atom is -0.380 e. The fraction of sp³-hybridized carbons (Fsp3) is 0.250. The number of carbonyl (C=O) groups is 1. The highest BCUT2D eigenvalue weighted by atomic mass is 35.5. The Morgan fingerprint density at radius 1 is 1.56 bits per heavy atom. The van der Waals surface area contributed by atoms with E-state index in [1.807, 2.05) is 11.4 Å². The molecule has 0 spiro atoms. The van der Waals surface area contributed by atoms with Gasteiger partial charge in [0.25, 0.3) is 0 Å². The molecule has 1 rings (SSSR count). The van der Waals surface area contributed by atoms with Gasteiger partial charge in [-0.15, -0.1) is 36.2 Å². The molecular weight excluding hydrogens is 273 g/mol. The first-order chi connectivity index (χ1) is 6.63. The molecule has 0 bridgehead atoms. The van der Waals surface area contributed by atoms with Gasteiger partial charge in [0.1, 0.15) is 0 Å². The van der Waals surface area contributed by atoms with Crippen LogP contribution in [0.2, 0.25) is 0 Å². The van der Waals surface area contributed by atoms with E-state index in [-0.39, 0.29) is 30.6 Å². The van der Waals surface area contributed by atoms with Crippen LogP contribution in [0.3, 0.4) is 0 Å². The maximum absolute atomic E-state index is 10.4. The number of rotatable bonds is 3. The van der Waals surface area contributed by atoms with E-state index in [0.29, 0.717) is 6.54 Å². The van der Waals surface area contributed by atoms with Crippen LogP contribution in [0.5, 0.6) is 0 Å². The predicted octanol–water partition coefficient (Wildman–Crippen LogP) is 1.23. The summed E-state index contributed by atoms with van der Waals surface area (Å²) in [6, 6.07) is 1.81. The Morgan fingerprint density at radius 2 is 2.19 bits per heavy atom. The zero-order valence-electron chi connectivity index (χ0n) is 8.50. The molecule has 0 fully saturated rings. The minimum atomic E-state index is -0.498. The summed E-state index contributed by atoms with van der Waals surface area (Å²) in [5.74, 6) is -0.321. The van der Waals surface area contributed by atoms with E-state index < -0.39 is 5.97 Å². The highest BCUT2D eigenvalue weighted by molar-refractivity contribution is 7.10. The van der Waals surface area contributed by atoms with E-state index in [1.165, 1.54) is 18.3 Å². The van der Waals surface area contributed by atoms with Crippen molar-refractivity contribution in [2.75, 3.05) is 0 Å². The largest absolute Gasteiger partial charge is 0.380 e. The van der Waals surface area contributed by atoms with E-state index >= 15 is 0 Å². The highest BCUT2D eigenvalue weighted by Crippen LogP contribution is 2.13. The summed E-state index contributed by atoms with van der Waals surface area (Å²) in [4.78, 5) is 15.8. The fourth-order valence-electron chi connectivity index (χ4n) is 0.788. The number of hydrogen-bond donors (Lipinski definition) is 2. The second kappa shape index (κ2) is 8.35. The number of thiophene rings is 1. The standard InChI is InChI=1S/C8H11N3O2S.2ClH/c1-5(12)13-11-8(10)6-2-7(3-9)14-4-6;;/h2,4H,3,9H2,1H3,(H2,10,11);2*1H. The second-order valence-corrected chi connectivity index (χ2v) is 3.56. The fourth-order valence-corrected chi connectivity index (χ4v) is 1.55. The molecule has 92 valence electrons. The van der Waals surface area contributed by atoms with Gasteiger partial charge in [-0.05, 0) is 6.07 Å². The first-order valence-electron chi connectivity index (χ1n) is 3.92. The van der Waals surface area contributed by atoms with Crippen molar-refractivity contribution >= 4 is 48.0 Å². The van der Waals surface area contributed by atoms with Crippen LogP contribution in [0.25, 0.3) is 0 Å². The second-order valence-electron chi connectivity index (χ2n) is 2.57. The van der Waals surface area contributed by atoms with Crippen molar-refractivity contribution in [2.24, 2.45) is 16.6 Å². The molecule has 0 saturated carbocycles. The quantitative estimate of drug-likeness (QED) is 0.378. The van der Waals surface area contributed by atoms with Crippen LogP contribution in [0.15, 0.2) is 16.6 Å². The van der Waals surface area contributed by atoms with Gasteiger partial charge in [-0.25, -0.2) is 4.79 Å². The average molecular weight is 286 g/mol. The average Bonchev–Trinajstić information content (AvgIpc) is 2.62. The van der Waals surface area contributed by atoms with Gasteiger partial charge >= 0.3 is 5.97 Å². The molecule has 0 saturated heterocycles. The first kappa shape index (κ1) is 17.6. The lowest BCUT2D eigenvalue weighted by Gasteiger charge is -1.94. The van der Waals surface area contributed by atoms with Gasteiger partial charge < -0.3 is 16.3 Å². The van der Waals surface area contributed by atoms with Crippen molar-refractivity contribution in [1.82, 2.24) is 0 Å². The van der Waals surface area contributed by atoms with E-state index in [0.717, 1.165) is 10.4 Å². The number of carbonyl (C=O) groups excluding carboxylic acids is 1. The van der Waals surface area contributed by atoms with Gasteiger partial charge in [0, 0.05) is 29.3 Å². The number of oxime groups is 1. The molecule has 8 heteroatoms. The van der Waals surface area contributed by atoms with Crippen molar-refractivity contribution in [2.45, 2.75) is 13.5 Å². The van der Waals surface area contributed by atoms with Crippen molar-refractivity contribution in [3.63, 3.8) is 0 Å². The summed E-state index contributed by atoms with van der Waals surface area (Å²) in [7, 11) is 0. The van der Waals surface area contributed by atoms with Crippen LogP contribution in [0, 0.1) is 0 Å². The molecule has 0 aliphatic rings. The van der Waals surface area contributed by atoms with Crippen LogP contribution >= 0.6 is 36.2 Å². The third-order valence-electron chi connectivity index (χ3n) is 1.42. The van der Waals surface area contributed by atoms with Gasteiger partial charge in [-0.3, -0.25) is 0 Å². The Labute approximate surface area is 110 Å². The van der Waals surface area contributed by atoms with Gasteiger partial charge in [-0.2, -0.15) is 0 Å². The molecule has 5 nitrogen and oxygen atoms in total. The summed E-state index contributed by atoms with van der Waals surface area (Å²) in [6.45, 7) is 1.72. The Bertz CT molecular complexity index is 368. The van der Waals surface area contributed by atoms with Gasteiger partial charge in [0.2, 0.25) is 0 Å². The molecule has 0 aliphatic carbocycles. The van der Waals surface area contributed by atoms with E-state index in [9.17, 15) is 4.79 Å². The monoisotopic (exact) mass is 285 g/mol. The van der Waals surface area contributed by atoms with Crippen LogP contribution in [0.1, 0.15) is 17.4 Å². The molecule has 0 amide bonds. The summed E-state index contributed by atoms with van der Waals surface area (Å²) in [5.41, 5.74) is 11.7. The predicted molar refractivity (Wildman–Crippen MR) is 69.2 cm³/mol. The zero-order chi connectivity index (χ0) is 10.6. The highest BCUT2D eigenvalue weighted by Gasteiger charge is 2.03. The molecule has 1 heterocycles. The van der Waals surface area contributed by atoms with E-state index in [2.05, 4.69) is 9.99 Å². The Kier molecular flexibility index (Phi) is 9.17. The van der Waals surface area contributed by atoms with Crippen molar-refractivity contribution < 1.29 is 9.63 Å². The molecular formula is C8H13Cl2N3O2S. The number of amidine groups is 1. The van der Waals surface area contributed by atoms with Crippen molar-refractivity contribution in [3.8, 4) is 0 Å². The SMILES string of the molecule is CC(=O)O/N=C(\N)c1csc(CN)c1.Cl.Cl. The Morgan fingerprint density at radius 3 is 2.62 bits per heavy atom. The van der Waals surface area contributed by atoms with Gasteiger partial charge in [-0.1, -0.05) is 5.16 Å². The van der Waals surface area contributed by atoms with E-state index in [1.54, 1.807) is 0 Å². The summed E-state index contributed by atoms with van der Waals surface area (Å²) in [6.07, 6.45) is 0. The Balaban J connectivity index is 0. The molecule has 0 unspecified atom stereocenters. The molecule has 4 N–H and O–H groups in total. The van der Waals surface area contributed by atoms with E-state index in [4.69, 9.17) is 11.5 Å². The number of hydrogen-bond acceptors (Lipinski definition) is 5. The summed E-state index contributed by atoms with van der Waals surface area (Å²) < 4.78 is 0. The lowest BCUT2D eigenvalue weighted by Crippen LogP contribution is -2.13. The molecule has 1 aromatic heterocycles. The maximum atomic E-state index is 10.4. The maximum Gasteiger partial charge on any atom is 0.332 e. The molecule has 0 aromatic carbocycles. The van der Waals surface area contributed by atoms with Crippen molar-refractivity contribution in [3.05, 3.63) is 21.9 Å². The van der Waals surface area contributed by atoms with Gasteiger partial charge in [0.05, 0.1) is 0 Å². The number of nitrogens with two attached hydrogens (primary N) is 2.